The van der Waals surface area contributed by atoms with E-state index in [4.69, 9.17) is 0 Å². The highest BCUT2D eigenvalue weighted by Gasteiger charge is 2.33. The van der Waals surface area contributed by atoms with Gasteiger partial charge in [-0.1, -0.05) is 29.8 Å². The zero-order valence-electron chi connectivity index (χ0n) is 20.0. The summed E-state index contributed by atoms with van der Waals surface area (Å²) < 4.78 is 28.0. The van der Waals surface area contributed by atoms with Crippen LogP contribution in [0.2, 0.25) is 0 Å². The van der Waals surface area contributed by atoms with Crippen molar-refractivity contribution in [2.24, 2.45) is 5.92 Å². The SMILES string of the molecule is Cc1cc(C)c(S(=O)(=O)N2CCC(C(=O)NCc3cccc(C(=O)N(C)C)c3)CC2)c(C)c1. The molecule has 0 atom stereocenters. The molecule has 1 fully saturated rings. The number of aryl methyl sites for hydroxylation is 3. The Balaban J connectivity index is 1.60. The number of nitrogens with zero attached hydrogens (tertiary/aromatic N) is 2. The molecule has 1 heterocycles. The van der Waals surface area contributed by atoms with Gasteiger partial charge in [-0.15, -0.1) is 0 Å². The topological polar surface area (TPSA) is 86.8 Å². The number of sulfonamides is 1. The van der Waals surface area contributed by atoms with E-state index in [-0.39, 0.29) is 17.7 Å². The van der Waals surface area contributed by atoms with Gasteiger partial charge < -0.3 is 10.2 Å². The molecule has 1 N–H and O–H groups in total. The minimum atomic E-state index is -3.60. The van der Waals surface area contributed by atoms with Crippen molar-refractivity contribution in [1.82, 2.24) is 14.5 Å². The van der Waals surface area contributed by atoms with E-state index < -0.39 is 10.0 Å². The smallest absolute Gasteiger partial charge is 0.253 e. The van der Waals surface area contributed by atoms with E-state index in [9.17, 15) is 18.0 Å². The summed E-state index contributed by atoms with van der Waals surface area (Å²) in [6, 6.07) is 11.0. The molecule has 2 amide bonds. The van der Waals surface area contributed by atoms with Gasteiger partial charge in [0.15, 0.2) is 0 Å². The number of nitrogens with one attached hydrogen (secondary N) is 1. The standard InChI is InChI=1S/C25H33N3O4S/c1-17-13-18(2)23(19(3)14-17)33(31,32)28-11-9-21(10-12-28)24(29)26-16-20-7-6-8-22(15-20)25(30)27(4)5/h6-8,13-15,21H,9-12,16H2,1-5H3,(H,26,29). The summed E-state index contributed by atoms with van der Waals surface area (Å²) in [5.74, 6) is -0.404. The van der Waals surface area contributed by atoms with Crippen LogP contribution in [0.5, 0.6) is 0 Å². The predicted octanol–water partition coefficient (Wildman–Crippen LogP) is 3.03. The van der Waals surface area contributed by atoms with Crippen LogP contribution in [0.1, 0.15) is 45.5 Å². The van der Waals surface area contributed by atoms with Crippen LogP contribution >= 0.6 is 0 Å². The number of hydrogen-bond acceptors (Lipinski definition) is 4. The number of piperidine rings is 1. The molecule has 0 spiro atoms. The van der Waals surface area contributed by atoms with Crippen molar-refractivity contribution in [3.8, 4) is 0 Å². The summed E-state index contributed by atoms with van der Waals surface area (Å²) in [6.45, 7) is 6.58. The molecule has 0 unspecified atom stereocenters. The molecular formula is C25H33N3O4S. The average molecular weight is 472 g/mol. The van der Waals surface area contributed by atoms with Crippen molar-refractivity contribution in [2.45, 2.75) is 45.1 Å². The molecule has 1 aliphatic rings. The van der Waals surface area contributed by atoms with Crippen LogP contribution in [-0.2, 0) is 21.4 Å². The number of benzene rings is 2. The van der Waals surface area contributed by atoms with E-state index >= 15 is 0 Å². The normalized spacial score (nSPS) is 15.3. The van der Waals surface area contributed by atoms with Crippen molar-refractivity contribution in [3.05, 3.63) is 64.2 Å². The second-order valence-electron chi connectivity index (χ2n) is 9.02. The number of rotatable bonds is 6. The van der Waals surface area contributed by atoms with E-state index in [1.54, 1.807) is 32.3 Å². The highest BCUT2D eigenvalue weighted by atomic mass is 32.2. The third-order valence-electron chi connectivity index (χ3n) is 6.07. The average Bonchev–Trinajstić information content (AvgIpc) is 2.76. The molecule has 8 heteroatoms. The Morgan fingerprint density at radius 2 is 1.64 bits per heavy atom. The van der Waals surface area contributed by atoms with Crippen molar-refractivity contribution in [3.63, 3.8) is 0 Å². The van der Waals surface area contributed by atoms with Crippen LogP contribution in [0.15, 0.2) is 41.3 Å². The Morgan fingerprint density at radius 1 is 1.03 bits per heavy atom. The fourth-order valence-electron chi connectivity index (χ4n) is 4.47. The first kappa shape index (κ1) is 24.9. The molecule has 2 aromatic rings. The van der Waals surface area contributed by atoms with E-state index in [2.05, 4.69) is 5.32 Å². The highest BCUT2D eigenvalue weighted by Crippen LogP contribution is 2.29. The Labute approximate surface area is 196 Å². The van der Waals surface area contributed by atoms with Gasteiger partial charge in [0.2, 0.25) is 15.9 Å². The Morgan fingerprint density at radius 3 is 2.21 bits per heavy atom. The van der Waals surface area contributed by atoms with E-state index in [1.165, 1.54) is 9.21 Å². The van der Waals surface area contributed by atoms with Crippen molar-refractivity contribution >= 4 is 21.8 Å². The molecule has 2 aromatic carbocycles. The summed E-state index contributed by atoms with van der Waals surface area (Å²) in [5, 5.41) is 2.94. The number of carbonyl (C=O) groups excluding carboxylic acids is 2. The van der Waals surface area contributed by atoms with Crippen LogP contribution in [0.25, 0.3) is 0 Å². The second kappa shape index (κ2) is 10.1. The summed E-state index contributed by atoms with van der Waals surface area (Å²) in [5.41, 5.74) is 3.97. The van der Waals surface area contributed by atoms with Gasteiger partial charge in [-0.05, 0) is 62.4 Å². The first-order valence-corrected chi connectivity index (χ1v) is 12.6. The van der Waals surface area contributed by atoms with E-state index in [0.29, 0.717) is 42.9 Å². The minimum Gasteiger partial charge on any atom is -0.352 e. The molecule has 178 valence electrons. The number of amides is 2. The third kappa shape index (κ3) is 5.62. The maximum atomic E-state index is 13.3. The van der Waals surface area contributed by atoms with E-state index in [0.717, 1.165) is 22.3 Å². The number of carbonyl (C=O) groups is 2. The first-order chi connectivity index (χ1) is 15.5. The van der Waals surface area contributed by atoms with Crippen LogP contribution < -0.4 is 5.32 Å². The van der Waals surface area contributed by atoms with Crippen molar-refractivity contribution in [2.75, 3.05) is 27.2 Å². The van der Waals surface area contributed by atoms with E-state index in [1.807, 2.05) is 39.0 Å². The lowest BCUT2D eigenvalue weighted by molar-refractivity contribution is -0.126. The lowest BCUT2D eigenvalue weighted by atomic mass is 9.97. The lowest BCUT2D eigenvalue weighted by Gasteiger charge is -2.31. The molecule has 0 bridgehead atoms. The van der Waals surface area contributed by atoms with Gasteiger partial charge in [0.05, 0.1) is 4.90 Å². The molecule has 0 aromatic heterocycles. The molecular weight excluding hydrogens is 438 g/mol. The van der Waals surface area contributed by atoms with Gasteiger partial charge in [-0.3, -0.25) is 9.59 Å². The summed E-state index contributed by atoms with van der Waals surface area (Å²) in [7, 11) is -0.200. The Hall–Kier alpha value is -2.71. The quantitative estimate of drug-likeness (QED) is 0.702. The molecule has 7 nitrogen and oxygen atoms in total. The molecule has 0 saturated carbocycles. The van der Waals surface area contributed by atoms with Crippen LogP contribution in [0, 0.1) is 26.7 Å². The van der Waals surface area contributed by atoms with Gasteiger partial charge in [-0.25, -0.2) is 8.42 Å². The van der Waals surface area contributed by atoms with Crippen molar-refractivity contribution < 1.29 is 18.0 Å². The third-order valence-corrected chi connectivity index (χ3v) is 8.28. The minimum absolute atomic E-state index is 0.0842. The lowest BCUT2D eigenvalue weighted by Crippen LogP contribution is -2.43. The highest BCUT2D eigenvalue weighted by molar-refractivity contribution is 7.89. The van der Waals surface area contributed by atoms with Gasteiger partial charge in [0.25, 0.3) is 5.91 Å². The maximum Gasteiger partial charge on any atom is 0.253 e. The molecule has 0 aliphatic carbocycles. The van der Waals surface area contributed by atoms with Crippen LogP contribution in [0.3, 0.4) is 0 Å². The molecule has 33 heavy (non-hydrogen) atoms. The molecule has 1 saturated heterocycles. The molecule has 3 rings (SSSR count). The fourth-order valence-corrected chi connectivity index (χ4v) is 6.35. The molecule has 1 aliphatic heterocycles. The Kier molecular flexibility index (Phi) is 7.59. The van der Waals surface area contributed by atoms with Crippen LogP contribution in [0.4, 0.5) is 0 Å². The Bertz CT molecular complexity index is 1130. The van der Waals surface area contributed by atoms with Gasteiger partial charge in [-0.2, -0.15) is 4.31 Å². The summed E-state index contributed by atoms with van der Waals surface area (Å²) >= 11 is 0. The maximum absolute atomic E-state index is 13.3. The predicted molar refractivity (Wildman–Crippen MR) is 128 cm³/mol. The number of hydrogen-bond donors (Lipinski definition) is 1. The second-order valence-corrected chi connectivity index (χ2v) is 10.9. The summed E-state index contributed by atoms with van der Waals surface area (Å²) in [4.78, 5) is 26.7. The monoisotopic (exact) mass is 471 g/mol. The van der Waals surface area contributed by atoms with Gasteiger partial charge in [0.1, 0.15) is 0 Å². The first-order valence-electron chi connectivity index (χ1n) is 11.2. The molecule has 0 radical (unpaired) electrons. The van der Waals surface area contributed by atoms with Gasteiger partial charge >= 0.3 is 0 Å². The summed E-state index contributed by atoms with van der Waals surface area (Å²) in [6.07, 6.45) is 0.961. The van der Waals surface area contributed by atoms with Gasteiger partial charge in [0, 0.05) is 45.2 Å². The largest absolute Gasteiger partial charge is 0.352 e. The zero-order chi connectivity index (χ0) is 24.3. The van der Waals surface area contributed by atoms with Crippen LogP contribution in [-0.4, -0.2) is 56.6 Å². The zero-order valence-corrected chi connectivity index (χ0v) is 20.8. The fraction of sp³-hybridized carbons (Fsp3) is 0.440. The van der Waals surface area contributed by atoms with Crippen molar-refractivity contribution in [1.29, 1.82) is 0 Å².